The lowest BCUT2D eigenvalue weighted by Crippen LogP contribution is -1.93. The topological polar surface area (TPSA) is 9.23 Å². The molecule has 0 saturated carbocycles. The van der Waals surface area contributed by atoms with Gasteiger partial charge in [0.2, 0.25) is 0 Å². The zero-order valence-corrected chi connectivity index (χ0v) is 11.1. The fourth-order valence-corrected chi connectivity index (χ4v) is 1.86. The Bertz CT molecular complexity index is 372. The second-order valence-electron chi connectivity index (χ2n) is 3.66. The number of rotatable bonds is 5. The van der Waals surface area contributed by atoms with Crippen molar-refractivity contribution >= 4 is 23.2 Å². The maximum absolute atomic E-state index is 5.97. The summed E-state index contributed by atoms with van der Waals surface area (Å²) in [6, 6.07) is 5.67. The van der Waals surface area contributed by atoms with E-state index in [1.807, 2.05) is 18.2 Å². The SMILES string of the molecule is COc1ccc(Cl)cc1CC(C)=CCCCl. The van der Waals surface area contributed by atoms with E-state index >= 15 is 0 Å². The highest BCUT2D eigenvalue weighted by Crippen LogP contribution is 2.25. The fourth-order valence-electron chi connectivity index (χ4n) is 1.56. The van der Waals surface area contributed by atoms with E-state index in [1.165, 1.54) is 5.57 Å². The second-order valence-corrected chi connectivity index (χ2v) is 4.48. The minimum atomic E-state index is 0.657. The van der Waals surface area contributed by atoms with Crippen molar-refractivity contribution in [3.05, 3.63) is 40.4 Å². The van der Waals surface area contributed by atoms with Gasteiger partial charge in [-0.3, -0.25) is 0 Å². The van der Waals surface area contributed by atoms with Crippen molar-refractivity contribution in [2.24, 2.45) is 0 Å². The molecule has 0 saturated heterocycles. The van der Waals surface area contributed by atoms with E-state index in [9.17, 15) is 0 Å². The summed E-state index contributed by atoms with van der Waals surface area (Å²) in [5, 5.41) is 0.737. The number of hydrogen-bond donors (Lipinski definition) is 0. The molecule has 88 valence electrons. The van der Waals surface area contributed by atoms with Gasteiger partial charge < -0.3 is 4.74 Å². The van der Waals surface area contributed by atoms with Crippen molar-refractivity contribution < 1.29 is 4.74 Å². The normalized spacial score (nSPS) is 11.6. The third-order valence-electron chi connectivity index (χ3n) is 2.31. The lowest BCUT2D eigenvalue weighted by Gasteiger charge is -2.09. The molecule has 0 unspecified atom stereocenters. The summed E-state index contributed by atoms with van der Waals surface area (Å²) in [6.07, 6.45) is 3.89. The van der Waals surface area contributed by atoms with Gasteiger partial charge in [0.15, 0.2) is 0 Å². The van der Waals surface area contributed by atoms with E-state index in [0.29, 0.717) is 5.88 Å². The summed E-state index contributed by atoms with van der Waals surface area (Å²) < 4.78 is 5.29. The minimum Gasteiger partial charge on any atom is -0.496 e. The molecule has 0 aliphatic rings. The van der Waals surface area contributed by atoms with Gasteiger partial charge in [0.1, 0.15) is 5.75 Å². The second kappa shape index (κ2) is 6.82. The Kier molecular flexibility index (Phi) is 5.72. The Labute approximate surface area is 107 Å². The lowest BCUT2D eigenvalue weighted by molar-refractivity contribution is 0.410. The van der Waals surface area contributed by atoms with Gasteiger partial charge in [0, 0.05) is 10.9 Å². The predicted octanol–water partition coefficient (Wildman–Crippen LogP) is 4.47. The van der Waals surface area contributed by atoms with E-state index in [4.69, 9.17) is 27.9 Å². The van der Waals surface area contributed by atoms with Crippen LogP contribution in [0, 0.1) is 0 Å². The lowest BCUT2D eigenvalue weighted by atomic mass is 10.0. The van der Waals surface area contributed by atoms with Crippen LogP contribution in [-0.4, -0.2) is 13.0 Å². The third kappa shape index (κ3) is 4.07. The molecule has 0 heterocycles. The standard InChI is InChI=1S/C13H16Cl2O/c1-10(4-3-7-14)8-11-9-12(15)5-6-13(11)16-2/h4-6,9H,3,7-8H2,1-2H3. The largest absolute Gasteiger partial charge is 0.496 e. The van der Waals surface area contributed by atoms with Crippen molar-refractivity contribution in [1.82, 2.24) is 0 Å². The van der Waals surface area contributed by atoms with Crippen LogP contribution in [-0.2, 0) is 6.42 Å². The highest BCUT2D eigenvalue weighted by molar-refractivity contribution is 6.30. The van der Waals surface area contributed by atoms with Crippen LogP contribution in [0.3, 0.4) is 0 Å². The van der Waals surface area contributed by atoms with Crippen molar-refractivity contribution in [1.29, 1.82) is 0 Å². The van der Waals surface area contributed by atoms with E-state index in [1.54, 1.807) is 7.11 Å². The van der Waals surface area contributed by atoms with E-state index < -0.39 is 0 Å². The van der Waals surface area contributed by atoms with Gasteiger partial charge in [-0.05, 0) is 43.5 Å². The number of hydrogen-bond acceptors (Lipinski definition) is 1. The summed E-state index contributed by atoms with van der Waals surface area (Å²) in [5.74, 6) is 1.53. The first-order valence-electron chi connectivity index (χ1n) is 5.21. The summed E-state index contributed by atoms with van der Waals surface area (Å²) in [7, 11) is 1.67. The van der Waals surface area contributed by atoms with Crippen LogP contribution >= 0.6 is 23.2 Å². The van der Waals surface area contributed by atoms with Crippen LogP contribution in [0.2, 0.25) is 5.02 Å². The van der Waals surface area contributed by atoms with Crippen molar-refractivity contribution in [2.75, 3.05) is 13.0 Å². The Balaban J connectivity index is 2.82. The Morgan fingerprint density at radius 1 is 1.44 bits per heavy atom. The first kappa shape index (κ1) is 13.4. The zero-order valence-electron chi connectivity index (χ0n) is 9.59. The van der Waals surface area contributed by atoms with Gasteiger partial charge in [0.25, 0.3) is 0 Å². The minimum absolute atomic E-state index is 0.657. The van der Waals surface area contributed by atoms with Gasteiger partial charge in [-0.2, -0.15) is 0 Å². The van der Waals surface area contributed by atoms with E-state index in [-0.39, 0.29) is 0 Å². The maximum atomic E-state index is 5.97. The van der Waals surface area contributed by atoms with E-state index in [0.717, 1.165) is 29.2 Å². The van der Waals surface area contributed by atoms with Crippen LogP contribution in [0.15, 0.2) is 29.8 Å². The third-order valence-corrected chi connectivity index (χ3v) is 2.77. The monoisotopic (exact) mass is 258 g/mol. The van der Waals surface area contributed by atoms with Crippen LogP contribution in [0.5, 0.6) is 5.75 Å². The molecule has 0 radical (unpaired) electrons. The molecule has 1 nitrogen and oxygen atoms in total. The zero-order chi connectivity index (χ0) is 12.0. The van der Waals surface area contributed by atoms with E-state index in [2.05, 4.69) is 13.0 Å². The van der Waals surface area contributed by atoms with Gasteiger partial charge in [-0.1, -0.05) is 23.3 Å². The van der Waals surface area contributed by atoms with Gasteiger partial charge in [-0.25, -0.2) is 0 Å². The Hall–Kier alpha value is -0.660. The molecule has 1 rings (SSSR count). The Morgan fingerprint density at radius 3 is 2.81 bits per heavy atom. The predicted molar refractivity (Wildman–Crippen MR) is 70.8 cm³/mol. The number of ether oxygens (including phenoxy) is 1. The molecule has 0 N–H and O–H groups in total. The summed E-state index contributed by atoms with van der Waals surface area (Å²) in [4.78, 5) is 0. The molecule has 3 heteroatoms. The molecule has 0 aliphatic carbocycles. The molecular formula is C13H16Cl2O. The molecule has 0 bridgehead atoms. The molecule has 0 amide bonds. The summed E-state index contributed by atoms with van der Waals surface area (Å²) >= 11 is 11.6. The van der Waals surface area contributed by atoms with Crippen LogP contribution < -0.4 is 4.74 Å². The van der Waals surface area contributed by atoms with Crippen LogP contribution in [0.25, 0.3) is 0 Å². The smallest absolute Gasteiger partial charge is 0.122 e. The Morgan fingerprint density at radius 2 is 2.19 bits per heavy atom. The summed E-state index contributed by atoms with van der Waals surface area (Å²) in [6.45, 7) is 2.09. The number of methoxy groups -OCH3 is 1. The van der Waals surface area contributed by atoms with Gasteiger partial charge >= 0.3 is 0 Å². The molecule has 0 aliphatic heterocycles. The quantitative estimate of drug-likeness (QED) is 0.560. The number of halogens is 2. The number of allylic oxidation sites excluding steroid dienone is 2. The van der Waals surface area contributed by atoms with Crippen molar-refractivity contribution in [3.8, 4) is 5.75 Å². The highest BCUT2D eigenvalue weighted by Gasteiger charge is 2.04. The first-order chi connectivity index (χ1) is 7.67. The average molecular weight is 259 g/mol. The molecule has 0 aromatic heterocycles. The first-order valence-corrected chi connectivity index (χ1v) is 6.12. The van der Waals surface area contributed by atoms with Gasteiger partial charge in [0.05, 0.1) is 7.11 Å². The number of alkyl halides is 1. The number of benzene rings is 1. The highest BCUT2D eigenvalue weighted by atomic mass is 35.5. The fraction of sp³-hybridized carbons (Fsp3) is 0.385. The average Bonchev–Trinajstić information content (AvgIpc) is 2.27. The molecule has 0 fully saturated rings. The summed E-state index contributed by atoms with van der Waals surface area (Å²) in [5.41, 5.74) is 2.39. The van der Waals surface area contributed by atoms with Gasteiger partial charge in [-0.15, -0.1) is 11.6 Å². The molecule has 0 atom stereocenters. The molecular weight excluding hydrogens is 243 g/mol. The molecule has 0 spiro atoms. The van der Waals surface area contributed by atoms with Crippen molar-refractivity contribution in [2.45, 2.75) is 19.8 Å². The van der Waals surface area contributed by atoms with Crippen molar-refractivity contribution in [3.63, 3.8) is 0 Å². The molecule has 16 heavy (non-hydrogen) atoms. The molecule has 1 aromatic carbocycles. The molecule has 1 aromatic rings. The maximum Gasteiger partial charge on any atom is 0.122 e. The van der Waals surface area contributed by atoms with Crippen LogP contribution in [0.1, 0.15) is 18.9 Å². The van der Waals surface area contributed by atoms with Crippen LogP contribution in [0.4, 0.5) is 0 Å².